The number of aryl methyl sites for hydroxylation is 2. The molecule has 0 spiro atoms. The minimum atomic E-state index is 0.153. The number of rotatable bonds is 5. The maximum absolute atomic E-state index is 6.37. The fraction of sp³-hybridized carbons (Fsp3) is 0.312. The summed E-state index contributed by atoms with van der Waals surface area (Å²) in [5.41, 5.74) is 3.74. The molecule has 0 radical (unpaired) electrons. The first kappa shape index (κ1) is 13.1. The van der Waals surface area contributed by atoms with Crippen molar-refractivity contribution in [3.05, 3.63) is 65.5 Å². The normalized spacial score (nSPS) is 12.3. The van der Waals surface area contributed by atoms with Crippen molar-refractivity contribution < 1.29 is 0 Å². The highest BCUT2D eigenvalue weighted by Crippen LogP contribution is 2.14. The van der Waals surface area contributed by atoms with Crippen LogP contribution in [0.15, 0.2) is 48.7 Å². The third kappa shape index (κ3) is 4.15. The zero-order valence-corrected chi connectivity index (χ0v) is 11.4. The summed E-state index contributed by atoms with van der Waals surface area (Å²) in [6, 6.07) is 14.6. The van der Waals surface area contributed by atoms with E-state index in [4.69, 9.17) is 11.6 Å². The number of pyridine rings is 1. The van der Waals surface area contributed by atoms with E-state index in [1.54, 1.807) is 0 Å². The van der Waals surface area contributed by atoms with Gasteiger partial charge in [0.1, 0.15) is 0 Å². The monoisotopic (exact) mass is 259 g/mol. The van der Waals surface area contributed by atoms with Crippen molar-refractivity contribution in [2.24, 2.45) is 0 Å². The predicted molar refractivity (Wildman–Crippen MR) is 77.1 cm³/mol. The number of nitrogens with zero attached hydrogens (tertiary/aromatic N) is 1. The van der Waals surface area contributed by atoms with E-state index < -0.39 is 0 Å². The molecule has 1 atom stereocenters. The number of aromatic nitrogens is 1. The van der Waals surface area contributed by atoms with Gasteiger partial charge in [0, 0.05) is 23.7 Å². The molecule has 0 saturated carbocycles. The lowest BCUT2D eigenvalue weighted by molar-refractivity contribution is 0.731. The van der Waals surface area contributed by atoms with Gasteiger partial charge in [0.2, 0.25) is 0 Å². The van der Waals surface area contributed by atoms with Gasteiger partial charge in [-0.15, -0.1) is 11.6 Å². The summed E-state index contributed by atoms with van der Waals surface area (Å²) >= 11 is 6.37. The van der Waals surface area contributed by atoms with Crippen LogP contribution < -0.4 is 0 Å². The Morgan fingerprint density at radius 2 is 2.06 bits per heavy atom. The molecular weight excluding hydrogens is 242 g/mol. The highest BCUT2D eigenvalue weighted by Gasteiger charge is 2.07. The summed E-state index contributed by atoms with van der Waals surface area (Å²) in [6.07, 6.45) is 4.68. The molecule has 0 aliphatic rings. The summed E-state index contributed by atoms with van der Waals surface area (Å²) in [5, 5.41) is 0.153. The van der Waals surface area contributed by atoms with Crippen molar-refractivity contribution >= 4 is 11.6 Å². The molecule has 0 saturated heterocycles. The zero-order valence-electron chi connectivity index (χ0n) is 10.6. The van der Waals surface area contributed by atoms with Gasteiger partial charge in [-0.3, -0.25) is 4.98 Å². The van der Waals surface area contributed by atoms with Crippen LogP contribution in [0.4, 0.5) is 0 Å². The number of alkyl halides is 1. The largest absolute Gasteiger partial charge is 0.261 e. The Labute approximate surface area is 114 Å². The van der Waals surface area contributed by atoms with Crippen LogP contribution in [0, 0.1) is 6.92 Å². The second-order valence-corrected chi connectivity index (χ2v) is 5.27. The lowest BCUT2D eigenvalue weighted by Crippen LogP contribution is -2.06. The molecule has 0 aliphatic carbocycles. The fourth-order valence-corrected chi connectivity index (χ4v) is 2.31. The van der Waals surface area contributed by atoms with Crippen molar-refractivity contribution in [2.75, 3.05) is 0 Å². The molecule has 0 fully saturated rings. The van der Waals surface area contributed by atoms with E-state index in [1.165, 1.54) is 11.1 Å². The molecule has 94 valence electrons. The average Bonchev–Trinajstić information content (AvgIpc) is 2.38. The van der Waals surface area contributed by atoms with Crippen molar-refractivity contribution in [3.63, 3.8) is 0 Å². The zero-order chi connectivity index (χ0) is 12.8. The summed E-state index contributed by atoms with van der Waals surface area (Å²) in [6.45, 7) is 2.12. The topological polar surface area (TPSA) is 12.9 Å². The van der Waals surface area contributed by atoms with Gasteiger partial charge in [-0.05, 0) is 37.5 Å². The molecule has 2 aromatic rings. The summed E-state index contributed by atoms with van der Waals surface area (Å²) in [7, 11) is 0. The van der Waals surface area contributed by atoms with E-state index in [2.05, 4.69) is 36.2 Å². The van der Waals surface area contributed by atoms with E-state index in [9.17, 15) is 0 Å². The van der Waals surface area contributed by atoms with Crippen LogP contribution in [-0.4, -0.2) is 10.4 Å². The lowest BCUT2D eigenvalue weighted by atomic mass is 10.0. The maximum Gasteiger partial charge on any atom is 0.0418 e. The number of halogens is 1. The highest BCUT2D eigenvalue weighted by atomic mass is 35.5. The molecule has 18 heavy (non-hydrogen) atoms. The van der Waals surface area contributed by atoms with Crippen molar-refractivity contribution in [3.8, 4) is 0 Å². The van der Waals surface area contributed by atoms with Gasteiger partial charge in [0.05, 0.1) is 0 Å². The second kappa shape index (κ2) is 6.55. The summed E-state index contributed by atoms with van der Waals surface area (Å²) in [4.78, 5) is 4.30. The van der Waals surface area contributed by atoms with Gasteiger partial charge in [0.25, 0.3) is 0 Å². The smallest absolute Gasteiger partial charge is 0.0418 e. The van der Waals surface area contributed by atoms with Gasteiger partial charge >= 0.3 is 0 Å². The minimum absolute atomic E-state index is 0.153. The molecule has 2 heteroatoms. The first-order chi connectivity index (χ1) is 8.74. The van der Waals surface area contributed by atoms with Crippen LogP contribution in [0.5, 0.6) is 0 Å². The van der Waals surface area contributed by atoms with Crippen LogP contribution in [0.25, 0.3) is 0 Å². The Hall–Kier alpha value is -1.34. The van der Waals surface area contributed by atoms with Crippen molar-refractivity contribution in [2.45, 2.75) is 31.6 Å². The van der Waals surface area contributed by atoms with E-state index in [-0.39, 0.29) is 5.38 Å². The molecular formula is C16H18ClN. The maximum atomic E-state index is 6.37. The molecule has 0 aliphatic heterocycles. The third-order valence-corrected chi connectivity index (χ3v) is 3.36. The summed E-state index contributed by atoms with van der Waals surface area (Å²) in [5.74, 6) is 0. The van der Waals surface area contributed by atoms with Crippen LogP contribution in [-0.2, 0) is 12.8 Å². The summed E-state index contributed by atoms with van der Waals surface area (Å²) < 4.78 is 0. The van der Waals surface area contributed by atoms with Crippen molar-refractivity contribution in [1.29, 1.82) is 0 Å². The Morgan fingerprint density at radius 1 is 1.17 bits per heavy atom. The predicted octanol–water partition coefficient (Wildman–Crippen LogP) is 4.17. The first-order valence-corrected chi connectivity index (χ1v) is 6.77. The van der Waals surface area contributed by atoms with Crippen LogP contribution in [0.2, 0.25) is 0 Å². The highest BCUT2D eigenvalue weighted by molar-refractivity contribution is 6.20. The Morgan fingerprint density at radius 3 is 2.78 bits per heavy atom. The van der Waals surface area contributed by atoms with Gasteiger partial charge in [-0.1, -0.05) is 35.9 Å². The van der Waals surface area contributed by atoms with Crippen molar-refractivity contribution in [1.82, 2.24) is 4.98 Å². The number of benzene rings is 1. The molecule has 2 rings (SSSR count). The third-order valence-electron chi connectivity index (χ3n) is 2.99. The molecule has 1 aromatic heterocycles. The molecule has 0 N–H and O–H groups in total. The molecule has 0 bridgehead atoms. The SMILES string of the molecule is Cc1cccc(CCC(Cl)Cc2ccccn2)c1. The van der Waals surface area contributed by atoms with Crippen LogP contribution in [0.1, 0.15) is 23.2 Å². The van der Waals surface area contributed by atoms with E-state index in [0.717, 1.165) is 25.0 Å². The quantitative estimate of drug-likeness (QED) is 0.735. The molecule has 0 amide bonds. The lowest BCUT2D eigenvalue weighted by Gasteiger charge is -2.09. The van der Waals surface area contributed by atoms with E-state index >= 15 is 0 Å². The van der Waals surface area contributed by atoms with Crippen LogP contribution >= 0.6 is 11.6 Å². The molecule has 1 nitrogen and oxygen atoms in total. The molecule has 1 aromatic carbocycles. The number of hydrogen-bond donors (Lipinski definition) is 0. The standard InChI is InChI=1S/C16H18ClN/c1-13-5-4-6-14(11-13)8-9-15(17)12-16-7-2-3-10-18-16/h2-7,10-11,15H,8-9,12H2,1H3. The Bertz CT molecular complexity index is 481. The minimum Gasteiger partial charge on any atom is -0.261 e. The second-order valence-electron chi connectivity index (χ2n) is 4.65. The fourth-order valence-electron chi connectivity index (χ4n) is 2.04. The molecule has 1 heterocycles. The molecule has 1 unspecified atom stereocenters. The van der Waals surface area contributed by atoms with Gasteiger partial charge in [-0.2, -0.15) is 0 Å². The first-order valence-electron chi connectivity index (χ1n) is 6.33. The van der Waals surface area contributed by atoms with E-state index in [0.29, 0.717) is 0 Å². The Balaban J connectivity index is 1.83. The Kier molecular flexibility index (Phi) is 4.77. The average molecular weight is 260 g/mol. The van der Waals surface area contributed by atoms with E-state index in [1.807, 2.05) is 24.4 Å². The number of hydrogen-bond acceptors (Lipinski definition) is 1. The van der Waals surface area contributed by atoms with Crippen LogP contribution in [0.3, 0.4) is 0 Å². The van der Waals surface area contributed by atoms with Gasteiger partial charge in [-0.25, -0.2) is 0 Å². The van der Waals surface area contributed by atoms with Gasteiger partial charge in [0.15, 0.2) is 0 Å². The van der Waals surface area contributed by atoms with Gasteiger partial charge < -0.3 is 0 Å².